The fourth-order valence-electron chi connectivity index (χ4n) is 2.92. The molecule has 2 rings (SSSR count). The summed E-state index contributed by atoms with van der Waals surface area (Å²) >= 11 is 0. The van der Waals surface area contributed by atoms with E-state index < -0.39 is 0 Å². The van der Waals surface area contributed by atoms with Crippen LogP contribution < -0.4 is 15.5 Å². The van der Waals surface area contributed by atoms with E-state index in [0.29, 0.717) is 6.04 Å². The Kier molecular flexibility index (Phi) is 6.24. The standard InChI is InChI=1S/C18H31N3O/c1-18(2)13-16(9-12-22-18)20-11-10-19-14-15-5-7-17(8-6-15)21(3)4/h5-8,16,19-20H,9-14H2,1-4H3/t16-/m0/s1. The molecule has 0 amide bonds. The van der Waals surface area contributed by atoms with Crippen molar-refractivity contribution in [2.45, 2.75) is 44.9 Å². The first-order valence-corrected chi connectivity index (χ1v) is 8.31. The summed E-state index contributed by atoms with van der Waals surface area (Å²) in [6.45, 7) is 8.15. The molecule has 1 fully saturated rings. The second kappa shape index (κ2) is 7.95. The number of nitrogens with one attached hydrogen (secondary N) is 2. The predicted octanol–water partition coefficient (Wildman–Crippen LogP) is 2.39. The van der Waals surface area contributed by atoms with Gasteiger partial charge in [-0.2, -0.15) is 0 Å². The molecule has 0 saturated carbocycles. The lowest BCUT2D eigenvalue weighted by atomic mass is 9.94. The highest BCUT2D eigenvalue weighted by atomic mass is 16.5. The van der Waals surface area contributed by atoms with Gasteiger partial charge in [0.05, 0.1) is 5.60 Å². The first kappa shape index (κ1) is 17.3. The van der Waals surface area contributed by atoms with Crippen LogP contribution in [0.2, 0.25) is 0 Å². The van der Waals surface area contributed by atoms with E-state index in [1.165, 1.54) is 11.3 Å². The molecule has 1 aromatic carbocycles. The number of anilines is 1. The predicted molar refractivity (Wildman–Crippen MR) is 93.5 cm³/mol. The summed E-state index contributed by atoms with van der Waals surface area (Å²) in [6, 6.07) is 9.30. The maximum atomic E-state index is 5.75. The van der Waals surface area contributed by atoms with E-state index in [1.54, 1.807) is 0 Å². The fourth-order valence-corrected chi connectivity index (χ4v) is 2.92. The van der Waals surface area contributed by atoms with Crippen LogP contribution in [-0.4, -0.2) is 45.4 Å². The van der Waals surface area contributed by atoms with Gasteiger partial charge in [-0.3, -0.25) is 0 Å². The quantitative estimate of drug-likeness (QED) is 0.759. The van der Waals surface area contributed by atoms with Crippen LogP contribution in [0.4, 0.5) is 5.69 Å². The number of nitrogens with zero attached hydrogens (tertiary/aromatic N) is 1. The van der Waals surface area contributed by atoms with Crippen LogP contribution in [0.25, 0.3) is 0 Å². The highest BCUT2D eigenvalue weighted by Crippen LogP contribution is 2.23. The fraction of sp³-hybridized carbons (Fsp3) is 0.667. The lowest BCUT2D eigenvalue weighted by Gasteiger charge is -2.36. The molecule has 0 unspecified atom stereocenters. The monoisotopic (exact) mass is 305 g/mol. The van der Waals surface area contributed by atoms with Gasteiger partial charge in [0.1, 0.15) is 0 Å². The summed E-state index contributed by atoms with van der Waals surface area (Å²) in [6.07, 6.45) is 2.22. The smallest absolute Gasteiger partial charge is 0.0641 e. The number of benzene rings is 1. The molecule has 4 nitrogen and oxygen atoms in total. The maximum Gasteiger partial charge on any atom is 0.0641 e. The summed E-state index contributed by atoms with van der Waals surface area (Å²) in [4.78, 5) is 2.12. The van der Waals surface area contributed by atoms with E-state index in [1.807, 2.05) is 0 Å². The zero-order valence-corrected chi connectivity index (χ0v) is 14.5. The van der Waals surface area contributed by atoms with Crippen molar-refractivity contribution in [1.82, 2.24) is 10.6 Å². The number of hydrogen-bond acceptors (Lipinski definition) is 4. The van der Waals surface area contributed by atoms with Gasteiger partial charge in [-0.25, -0.2) is 0 Å². The highest BCUT2D eigenvalue weighted by molar-refractivity contribution is 5.45. The molecular weight excluding hydrogens is 274 g/mol. The van der Waals surface area contributed by atoms with Crippen molar-refractivity contribution in [1.29, 1.82) is 0 Å². The molecule has 0 aliphatic carbocycles. The molecule has 124 valence electrons. The summed E-state index contributed by atoms with van der Waals surface area (Å²) in [7, 11) is 4.13. The van der Waals surface area contributed by atoms with Gasteiger partial charge in [0.2, 0.25) is 0 Å². The molecular formula is C18H31N3O. The van der Waals surface area contributed by atoms with Crippen LogP contribution in [0.3, 0.4) is 0 Å². The van der Waals surface area contributed by atoms with Crippen molar-refractivity contribution in [3.63, 3.8) is 0 Å². The Labute approximate surface area is 135 Å². The Morgan fingerprint density at radius 1 is 1.18 bits per heavy atom. The minimum Gasteiger partial charge on any atom is -0.378 e. The van der Waals surface area contributed by atoms with Crippen LogP contribution >= 0.6 is 0 Å². The molecule has 1 atom stereocenters. The molecule has 1 heterocycles. The van der Waals surface area contributed by atoms with Crippen LogP contribution in [0.5, 0.6) is 0 Å². The first-order valence-electron chi connectivity index (χ1n) is 8.31. The van der Waals surface area contributed by atoms with Gasteiger partial charge in [0.25, 0.3) is 0 Å². The van der Waals surface area contributed by atoms with Crippen LogP contribution in [0.15, 0.2) is 24.3 Å². The Hall–Kier alpha value is -1.10. The Bertz CT molecular complexity index is 442. The van der Waals surface area contributed by atoms with E-state index in [4.69, 9.17) is 4.74 Å². The van der Waals surface area contributed by atoms with Crippen molar-refractivity contribution in [2.24, 2.45) is 0 Å². The second-order valence-corrected chi connectivity index (χ2v) is 6.99. The third-order valence-corrected chi connectivity index (χ3v) is 4.21. The summed E-state index contributed by atoms with van der Waals surface area (Å²) < 4.78 is 5.75. The number of hydrogen-bond donors (Lipinski definition) is 2. The molecule has 1 saturated heterocycles. The van der Waals surface area contributed by atoms with Gasteiger partial charge in [-0.1, -0.05) is 12.1 Å². The van der Waals surface area contributed by atoms with E-state index in [9.17, 15) is 0 Å². The molecule has 0 spiro atoms. The normalized spacial score (nSPS) is 20.8. The Morgan fingerprint density at radius 3 is 2.55 bits per heavy atom. The van der Waals surface area contributed by atoms with Crippen molar-refractivity contribution in [2.75, 3.05) is 38.7 Å². The van der Waals surface area contributed by atoms with Crippen molar-refractivity contribution in [3.05, 3.63) is 29.8 Å². The third kappa shape index (κ3) is 5.59. The average Bonchev–Trinajstić information content (AvgIpc) is 2.46. The van der Waals surface area contributed by atoms with Crippen LogP contribution in [0, 0.1) is 0 Å². The van der Waals surface area contributed by atoms with Gasteiger partial charge in [-0.15, -0.1) is 0 Å². The molecule has 0 aromatic heterocycles. The lowest BCUT2D eigenvalue weighted by Crippen LogP contribution is -2.45. The summed E-state index contributed by atoms with van der Waals surface area (Å²) in [5.74, 6) is 0. The molecule has 22 heavy (non-hydrogen) atoms. The summed E-state index contributed by atoms with van der Waals surface area (Å²) in [5, 5.41) is 7.14. The van der Waals surface area contributed by atoms with Gasteiger partial charge < -0.3 is 20.3 Å². The van der Waals surface area contributed by atoms with Crippen LogP contribution in [-0.2, 0) is 11.3 Å². The molecule has 1 aromatic rings. The van der Waals surface area contributed by atoms with E-state index in [2.05, 4.69) is 67.7 Å². The molecule has 1 aliphatic heterocycles. The van der Waals surface area contributed by atoms with E-state index in [-0.39, 0.29) is 5.60 Å². The Balaban J connectivity index is 1.61. The van der Waals surface area contributed by atoms with E-state index >= 15 is 0 Å². The molecule has 0 radical (unpaired) electrons. The van der Waals surface area contributed by atoms with Crippen molar-refractivity contribution < 1.29 is 4.74 Å². The minimum absolute atomic E-state index is 0.0253. The largest absolute Gasteiger partial charge is 0.378 e. The van der Waals surface area contributed by atoms with Gasteiger partial charge in [0.15, 0.2) is 0 Å². The Morgan fingerprint density at radius 2 is 1.91 bits per heavy atom. The minimum atomic E-state index is 0.0253. The first-order chi connectivity index (χ1) is 10.5. The lowest BCUT2D eigenvalue weighted by molar-refractivity contribution is -0.0627. The van der Waals surface area contributed by atoms with Gasteiger partial charge in [-0.05, 0) is 44.4 Å². The van der Waals surface area contributed by atoms with Crippen LogP contribution in [0.1, 0.15) is 32.3 Å². The SMILES string of the molecule is CN(C)c1ccc(CNCCN[C@H]2CCOC(C)(C)C2)cc1. The summed E-state index contributed by atoms with van der Waals surface area (Å²) in [5.41, 5.74) is 2.60. The number of rotatable bonds is 7. The number of ether oxygens (including phenoxy) is 1. The van der Waals surface area contributed by atoms with Gasteiger partial charge >= 0.3 is 0 Å². The highest BCUT2D eigenvalue weighted by Gasteiger charge is 2.28. The third-order valence-electron chi connectivity index (χ3n) is 4.21. The average molecular weight is 305 g/mol. The molecule has 0 bridgehead atoms. The second-order valence-electron chi connectivity index (χ2n) is 6.99. The van der Waals surface area contributed by atoms with Crippen molar-refractivity contribution in [3.8, 4) is 0 Å². The molecule has 4 heteroatoms. The zero-order chi connectivity index (χ0) is 16.0. The molecule has 1 aliphatic rings. The molecule has 2 N–H and O–H groups in total. The van der Waals surface area contributed by atoms with E-state index in [0.717, 1.165) is 39.1 Å². The maximum absolute atomic E-state index is 5.75. The van der Waals surface area contributed by atoms with Gasteiger partial charge in [0, 0.05) is 52.1 Å². The zero-order valence-electron chi connectivity index (χ0n) is 14.5. The topological polar surface area (TPSA) is 36.5 Å². The van der Waals surface area contributed by atoms with Crippen molar-refractivity contribution >= 4 is 5.69 Å².